The molecule has 0 aromatic heterocycles. The van der Waals surface area contributed by atoms with Gasteiger partial charge in [-0.1, -0.05) is 32.1 Å². The van der Waals surface area contributed by atoms with Crippen molar-refractivity contribution >= 4 is 0 Å². The van der Waals surface area contributed by atoms with Gasteiger partial charge < -0.3 is 10.1 Å². The lowest BCUT2D eigenvalue weighted by molar-refractivity contribution is 0.289. The lowest BCUT2D eigenvalue weighted by Gasteiger charge is -2.09. The predicted octanol–water partition coefficient (Wildman–Crippen LogP) is 3.39. The molecule has 0 saturated heterocycles. The molecule has 2 heteroatoms. The molecule has 1 rings (SSSR count). The summed E-state index contributed by atoms with van der Waals surface area (Å²) in [4.78, 5) is 0. The Labute approximate surface area is 105 Å². The fourth-order valence-electron chi connectivity index (χ4n) is 1.48. The van der Waals surface area contributed by atoms with E-state index in [2.05, 4.69) is 37.9 Å². The minimum absolute atomic E-state index is 0.687. The molecule has 1 aromatic rings. The van der Waals surface area contributed by atoms with Crippen molar-refractivity contribution in [2.24, 2.45) is 5.92 Å². The van der Waals surface area contributed by atoms with Crippen molar-refractivity contribution in [1.29, 1.82) is 0 Å². The predicted molar refractivity (Wildman–Crippen MR) is 73.3 cm³/mol. The Morgan fingerprint density at radius 2 is 2.24 bits per heavy atom. The van der Waals surface area contributed by atoms with E-state index in [9.17, 15) is 0 Å². The summed E-state index contributed by atoms with van der Waals surface area (Å²) in [5.74, 6) is 1.65. The number of hydrogen-bond donors (Lipinski definition) is 1. The van der Waals surface area contributed by atoms with Gasteiger partial charge in [0.2, 0.25) is 0 Å². The molecule has 0 bridgehead atoms. The molecular formula is C15H23NO. The van der Waals surface area contributed by atoms with Gasteiger partial charge in [0.1, 0.15) is 5.75 Å². The van der Waals surface area contributed by atoms with E-state index < -0.39 is 0 Å². The maximum Gasteiger partial charge on any atom is 0.119 e. The minimum Gasteiger partial charge on any atom is -0.494 e. The molecule has 0 aliphatic rings. The number of hydrogen-bond acceptors (Lipinski definition) is 2. The average Bonchev–Trinajstić information content (AvgIpc) is 2.29. The monoisotopic (exact) mass is 233 g/mol. The largest absolute Gasteiger partial charge is 0.494 e. The molecule has 0 fully saturated rings. The van der Waals surface area contributed by atoms with Gasteiger partial charge in [-0.25, -0.2) is 0 Å². The maximum absolute atomic E-state index is 5.72. The van der Waals surface area contributed by atoms with Crippen LogP contribution in [0.25, 0.3) is 0 Å². The molecular weight excluding hydrogens is 210 g/mol. The summed E-state index contributed by atoms with van der Waals surface area (Å²) in [7, 11) is 0. The third-order valence-electron chi connectivity index (χ3n) is 2.48. The highest BCUT2D eigenvalue weighted by Gasteiger charge is 1.98. The molecule has 0 aliphatic heterocycles. The molecule has 1 N–H and O–H groups in total. The third kappa shape index (κ3) is 6.12. The van der Waals surface area contributed by atoms with Crippen molar-refractivity contribution in [2.75, 3.05) is 13.2 Å². The van der Waals surface area contributed by atoms with Crippen molar-refractivity contribution in [3.63, 3.8) is 0 Å². The lowest BCUT2D eigenvalue weighted by Crippen LogP contribution is -2.12. The Morgan fingerprint density at radius 3 is 2.94 bits per heavy atom. The van der Waals surface area contributed by atoms with Crippen LogP contribution >= 0.6 is 0 Å². The summed E-state index contributed by atoms with van der Waals surface area (Å²) in [6.45, 7) is 10.6. The first-order valence-corrected chi connectivity index (χ1v) is 6.25. The molecule has 0 spiro atoms. The quantitative estimate of drug-likeness (QED) is 0.549. The van der Waals surface area contributed by atoms with Crippen LogP contribution in [0.3, 0.4) is 0 Å². The molecule has 94 valence electrons. The number of nitrogens with one attached hydrogen (secondary N) is 1. The van der Waals surface area contributed by atoms with Crippen LogP contribution < -0.4 is 10.1 Å². The van der Waals surface area contributed by atoms with Gasteiger partial charge in [-0.3, -0.25) is 0 Å². The molecule has 0 unspecified atom stereocenters. The zero-order chi connectivity index (χ0) is 12.5. The summed E-state index contributed by atoms with van der Waals surface area (Å²) in [5, 5.41) is 3.28. The van der Waals surface area contributed by atoms with Crippen LogP contribution in [-0.4, -0.2) is 13.2 Å². The minimum atomic E-state index is 0.687. The Morgan fingerprint density at radius 1 is 1.41 bits per heavy atom. The fourth-order valence-corrected chi connectivity index (χ4v) is 1.48. The molecule has 17 heavy (non-hydrogen) atoms. The summed E-state index contributed by atoms with van der Waals surface area (Å²) in [6.07, 6.45) is 2.96. The van der Waals surface area contributed by atoms with Crippen molar-refractivity contribution in [1.82, 2.24) is 5.32 Å². The Kier molecular flexibility index (Phi) is 6.41. The van der Waals surface area contributed by atoms with E-state index in [-0.39, 0.29) is 0 Å². The zero-order valence-corrected chi connectivity index (χ0v) is 10.9. The number of benzene rings is 1. The first-order valence-electron chi connectivity index (χ1n) is 6.25. The normalized spacial score (nSPS) is 10.5. The van der Waals surface area contributed by atoms with Crippen LogP contribution in [0.5, 0.6) is 5.75 Å². The van der Waals surface area contributed by atoms with E-state index >= 15 is 0 Å². The average molecular weight is 233 g/mol. The molecule has 0 radical (unpaired) electrons. The standard InChI is InChI=1S/C15H23NO/c1-4-9-16-12-14-6-5-7-15(11-14)17-10-8-13(2)3/h4-7,11,13,16H,1,8-10,12H2,2-3H3. The van der Waals surface area contributed by atoms with E-state index in [1.807, 2.05) is 18.2 Å². The van der Waals surface area contributed by atoms with E-state index in [0.29, 0.717) is 5.92 Å². The summed E-state index contributed by atoms with van der Waals surface area (Å²) in [5.41, 5.74) is 1.24. The van der Waals surface area contributed by atoms with E-state index in [4.69, 9.17) is 4.74 Å². The molecule has 0 heterocycles. The SMILES string of the molecule is C=CCNCc1cccc(OCCC(C)C)c1. The highest BCUT2D eigenvalue weighted by Crippen LogP contribution is 2.14. The van der Waals surface area contributed by atoms with Gasteiger partial charge in [0.25, 0.3) is 0 Å². The van der Waals surface area contributed by atoms with E-state index in [0.717, 1.165) is 31.9 Å². The molecule has 2 nitrogen and oxygen atoms in total. The highest BCUT2D eigenvalue weighted by molar-refractivity contribution is 5.28. The summed E-state index contributed by atoms with van der Waals surface area (Å²) in [6, 6.07) is 8.24. The molecule has 0 amide bonds. The van der Waals surface area contributed by atoms with Crippen LogP contribution in [-0.2, 0) is 6.54 Å². The van der Waals surface area contributed by atoms with Crippen LogP contribution in [0, 0.1) is 5.92 Å². The number of rotatable bonds is 8. The van der Waals surface area contributed by atoms with Gasteiger partial charge in [-0.2, -0.15) is 0 Å². The van der Waals surface area contributed by atoms with Gasteiger partial charge in [-0.15, -0.1) is 6.58 Å². The number of ether oxygens (including phenoxy) is 1. The second-order valence-corrected chi connectivity index (χ2v) is 4.60. The van der Waals surface area contributed by atoms with E-state index in [1.54, 1.807) is 0 Å². The smallest absolute Gasteiger partial charge is 0.119 e. The Bertz CT molecular complexity index is 333. The van der Waals surface area contributed by atoms with Crippen LogP contribution in [0.4, 0.5) is 0 Å². The molecule has 0 saturated carbocycles. The molecule has 0 aliphatic carbocycles. The highest BCUT2D eigenvalue weighted by atomic mass is 16.5. The van der Waals surface area contributed by atoms with Gasteiger partial charge in [-0.05, 0) is 30.0 Å². The first-order chi connectivity index (χ1) is 8.22. The topological polar surface area (TPSA) is 21.3 Å². The fraction of sp³-hybridized carbons (Fsp3) is 0.467. The van der Waals surface area contributed by atoms with Gasteiger partial charge in [0.15, 0.2) is 0 Å². The van der Waals surface area contributed by atoms with Gasteiger partial charge in [0, 0.05) is 13.1 Å². The second kappa shape index (κ2) is 7.91. The summed E-state index contributed by atoms with van der Waals surface area (Å²) < 4.78 is 5.72. The van der Waals surface area contributed by atoms with Crippen LogP contribution in [0.2, 0.25) is 0 Å². The second-order valence-electron chi connectivity index (χ2n) is 4.60. The summed E-state index contributed by atoms with van der Waals surface area (Å²) >= 11 is 0. The van der Waals surface area contributed by atoms with Crippen LogP contribution in [0.15, 0.2) is 36.9 Å². The van der Waals surface area contributed by atoms with E-state index in [1.165, 1.54) is 5.56 Å². The Balaban J connectivity index is 2.39. The van der Waals surface area contributed by atoms with Crippen molar-refractivity contribution in [2.45, 2.75) is 26.8 Å². The maximum atomic E-state index is 5.72. The van der Waals surface area contributed by atoms with Crippen molar-refractivity contribution in [3.05, 3.63) is 42.5 Å². The van der Waals surface area contributed by atoms with Gasteiger partial charge in [0.05, 0.1) is 6.61 Å². The van der Waals surface area contributed by atoms with Crippen molar-refractivity contribution in [3.8, 4) is 5.75 Å². The third-order valence-corrected chi connectivity index (χ3v) is 2.48. The lowest BCUT2D eigenvalue weighted by atomic mass is 10.1. The van der Waals surface area contributed by atoms with Crippen LogP contribution in [0.1, 0.15) is 25.8 Å². The zero-order valence-electron chi connectivity index (χ0n) is 10.9. The van der Waals surface area contributed by atoms with Crippen molar-refractivity contribution < 1.29 is 4.74 Å². The molecule has 1 aromatic carbocycles. The molecule has 0 atom stereocenters. The van der Waals surface area contributed by atoms with Gasteiger partial charge >= 0.3 is 0 Å². The first kappa shape index (κ1) is 13.8. The Hall–Kier alpha value is -1.28.